The van der Waals surface area contributed by atoms with E-state index >= 15 is 0 Å². The molecule has 1 aromatic carbocycles. The van der Waals surface area contributed by atoms with Crippen molar-refractivity contribution in [2.75, 3.05) is 18.9 Å². The summed E-state index contributed by atoms with van der Waals surface area (Å²) in [7, 11) is 0. The van der Waals surface area contributed by atoms with Gasteiger partial charge in [0.05, 0.1) is 17.4 Å². The molecule has 0 spiro atoms. The number of ether oxygens (including phenoxy) is 1. The summed E-state index contributed by atoms with van der Waals surface area (Å²) in [6.45, 7) is 2.58. The van der Waals surface area contributed by atoms with Crippen molar-refractivity contribution in [2.24, 2.45) is 0 Å². The predicted molar refractivity (Wildman–Crippen MR) is 86.1 cm³/mol. The molecule has 0 fully saturated rings. The number of benzene rings is 1. The second-order valence-electron chi connectivity index (χ2n) is 4.12. The van der Waals surface area contributed by atoms with E-state index in [9.17, 15) is 9.59 Å². The van der Waals surface area contributed by atoms with Crippen molar-refractivity contribution >= 4 is 46.8 Å². The van der Waals surface area contributed by atoms with Gasteiger partial charge in [-0.05, 0) is 31.5 Å². The predicted octanol–water partition coefficient (Wildman–Crippen LogP) is 3.55. The topological polar surface area (TPSA) is 55.4 Å². The Labute approximate surface area is 138 Å². The Morgan fingerprint density at radius 2 is 2.10 bits per heavy atom. The van der Waals surface area contributed by atoms with Crippen LogP contribution in [0.15, 0.2) is 23.1 Å². The van der Waals surface area contributed by atoms with Gasteiger partial charge in [-0.1, -0.05) is 23.2 Å². The van der Waals surface area contributed by atoms with E-state index in [2.05, 4.69) is 5.32 Å². The fourth-order valence-electron chi connectivity index (χ4n) is 1.48. The quantitative estimate of drug-likeness (QED) is 0.443. The van der Waals surface area contributed by atoms with Gasteiger partial charge in [-0.3, -0.25) is 9.59 Å². The molecule has 1 aromatic rings. The van der Waals surface area contributed by atoms with Gasteiger partial charge in [-0.15, -0.1) is 11.8 Å². The van der Waals surface area contributed by atoms with Gasteiger partial charge in [-0.2, -0.15) is 0 Å². The average Bonchev–Trinajstić information content (AvgIpc) is 2.45. The molecule has 1 rings (SSSR count). The molecule has 0 atom stereocenters. The molecule has 1 N–H and O–H groups in total. The zero-order chi connectivity index (χ0) is 15.7. The third-order valence-electron chi connectivity index (χ3n) is 2.44. The number of hydrogen-bond acceptors (Lipinski definition) is 4. The lowest BCUT2D eigenvalue weighted by Crippen LogP contribution is -2.26. The van der Waals surface area contributed by atoms with Crippen molar-refractivity contribution < 1.29 is 14.3 Å². The van der Waals surface area contributed by atoms with Crippen LogP contribution in [0.4, 0.5) is 0 Å². The van der Waals surface area contributed by atoms with Crippen LogP contribution in [-0.2, 0) is 14.3 Å². The monoisotopic (exact) mass is 349 g/mol. The van der Waals surface area contributed by atoms with E-state index in [0.29, 0.717) is 36.0 Å². The number of esters is 1. The lowest BCUT2D eigenvalue weighted by Gasteiger charge is -2.06. The number of thioether (sulfide) groups is 1. The number of carbonyl (C=O) groups excluding carboxylic acids is 2. The fourth-order valence-corrected chi connectivity index (χ4v) is 2.80. The standard InChI is InChI=1S/C14H17Cl2NO3S/c1-2-20-14(19)4-3-7-17-13(18)9-21-12-8-10(15)5-6-11(12)16/h5-6,8H,2-4,7,9H2,1H3,(H,17,18). The number of amides is 1. The number of carbonyl (C=O) groups is 2. The van der Waals surface area contributed by atoms with Crippen LogP contribution in [0.2, 0.25) is 10.0 Å². The first-order chi connectivity index (χ1) is 10.0. The molecule has 0 unspecified atom stereocenters. The Bertz CT molecular complexity index is 497. The maximum Gasteiger partial charge on any atom is 0.305 e. The molecule has 0 radical (unpaired) electrons. The number of halogens is 2. The van der Waals surface area contributed by atoms with Gasteiger partial charge in [0.2, 0.25) is 5.91 Å². The molecule has 0 saturated heterocycles. The second kappa shape index (κ2) is 9.92. The molecule has 1 amide bonds. The first-order valence-electron chi connectivity index (χ1n) is 6.53. The molecular formula is C14H17Cl2NO3S. The Morgan fingerprint density at radius 3 is 2.81 bits per heavy atom. The highest BCUT2D eigenvalue weighted by Gasteiger charge is 2.07. The van der Waals surface area contributed by atoms with E-state index in [1.807, 2.05) is 0 Å². The van der Waals surface area contributed by atoms with Crippen LogP contribution in [0.3, 0.4) is 0 Å². The molecule has 7 heteroatoms. The Balaban J connectivity index is 2.22. The third-order valence-corrected chi connectivity index (χ3v) is 4.17. The summed E-state index contributed by atoms with van der Waals surface area (Å²) in [4.78, 5) is 23.5. The molecule has 0 bridgehead atoms. The van der Waals surface area contributed by atoms with Crippen molar-refractivity contribution in [3.63, 3.8) is 0 Å². The minimum atomic E-state index is -0.244. The van der Waals surface area contributed by atoms with Gasteiger partial charge in [0.1, 0.15) is 0 Å². The Kier molecular flexibility index (Phi) is 8.57. The van der Waals surface area contributed by atoms with E-state index in [4.69, 9.17) is 27.9 Å². The summed E-state index contributed by atoms with van der Waals surface area (Å²) in [5.74, 6) is -0.105. The molecule has 0 aliphatic heterocycles. The zero-order valence-corrected chi connectivity index (χ0v) is 14.0. The molecule has 21 heavy (non-hydrogen) atoms. The molecule has 0 aromatic heterocycles. The summed E-state index contributed by atoms with van der Waals surface area (Å²) in [6, 6.07) is 5.12. The maximum atomic E-state index is 11.7. The minimum Gasteiger partial charge on any atom is -0.466 e. The molecule has 0 aliphatic carbocycles. The van der Waals surface area contributed by atoms with Crippen LogP contribution in [-0.4, -0.2) is 30.8 Å². The Morgan fingerprint density at radius 1 is 1.33 bits per heavy atom. The molecule has 0 heterocycles. The van der Waals surface area contributed by atoms with Gasteiger partial charge >= 0.3 is 5.97 Å². The summed E-state index contributed by atoms with van der Waals surface area (Å²) in [5, 5.41) is 3.89. The van der Waals surface area contributed by atoms with Crippen LogP contribution >= 0.6 is 35.0 Å². The van der Waals surface area contributed by atoms with E-state index in [1.54, 1.807) is 25.1 Å². The number of nitrogens with one attached hydrogen (secondary N) is 1. The molecule has 4 nitrogen and oxygen atoms in total. The number of rotatable bonds is 8. The minimum absolute atomic E-state index is 0.111. The van der Waals surface area contributed by atoms with E-state index in [0.717, 1.165) is 4.90 Å². The molecule has 116 valence electrons. The normalized spacial score (nSPS) is 10.2. The largest absolute Gasteiger partial charge is 0.466 e. The Hall–Kier alpha value is -0.910. The number of hydrogen-bond donors (Lipinski definition) is 1. The van der Waals surface area contributed by atoms with Gasteiger partial charge in [0, 0.05) is 22.9 Å². The maximum absolute atomic E-state index is 11.7. The highest BCUT2D eigenvalue weighted by molar-refractivity contribution is 8.00. The molecule has 0 saturated carbocycles. The second-order valence-corrected chi connectivity index (χ2v) is 5.98. The van der Waals surface area contributed by atoms with Gasteiger partial charge in [0.25, 0.3) is 0 Å². The summed E-state index contributed by atoms with van der Waals surface area (Å²) >= 11 is 13.2. The average molecular weight is 350 g/mol. The summed E-state index contributed by atoms with van der Waals surface area (Å²) in [5.41, 5.74) is 0. The van der Waals surface area contributed by atoms with Gasteiger partial charge < -0.3 is 10.1 Å². The highest BCUT2D eigenvalue weighted by Crippen LogP contribution is 2.29. The summed E-state index contributed by atoms with van der Waals surface area (Å²) in [6.07, 6.45) is 0.870. The van der Waals surface area contributed by atoms with Crippen molar-refractivity contribution in [1.82, 2.24) is 5.32 Å². The third kappa shape index (κ3) is 7.60. The van der Waals surface area contributed by atoms with E-state index in [-0.39, 0.29) is 17.6 Å². The molecule has 0 aliphatic rings. The SMILES string of the molecule is CCOC(=O)CCCNC(=O)CSc1cc(Cl)ccc1Cl. The lowest BCUT2D eigenvalue weighted by atomic mass is 10.3. The van der Waals surface area contributed by atoms with Crippen molar-refractivity contribution in [3.8, 4) is 0 Å². The zero-order valence-electron chi connectivity index (χ0n) is 11.7. The van der Waals surface area contributed by atoms with Crippen molar-refractivity contribution in [3.05, 3.63) is 28.2 Å². The van der Waals surface area contributed by atoms with Gasteiger partial charge in [-0.25, -0.2) is 0 Å². The lowest BCUT2D eigenvalue weighted by molar-refractivity contribution is -0.143. The fraction of sp³-hybridized carbons (Fsp3) is 0.429. The molecular weight excluding hydrogens is 333 g/mol. The summed E-state index contributed by atoms with van der Waals surface area (Å²) < 4.78 is 4.80. The van der Waals surface area contributed by atoms with E-state index < -0.39 is 0 Å². The van der Waals surface area contributed by atoms with Gasteiger partial charge in [0.15, 0.2) is 0 Å². The van der Waals surface area contributed by atoms with E-state index in [1.165, 1.54) is 11.8 Å². The van der Waals surface area contributed by atoms with Crippen LogP contribution in [0.5, 0.6) is 0 Å². The first kappa shape index (κ1) is 18.1. The smallest absolute Gasteiger partial charge is 0.305 e. The van der Waals surface area contributed by atoms with Crippen molar-refractivity contribution in [1.29, 1.82) is 0 Å². The van der Waals surface area contributed by atoms with Crippen molar-refractivity contribution in [2.45, 2.75) is 24.7 Å². The first-order valence-corrected chi connectivity index (χ1v) is 8.27. The van der Waals surface area contributed by atoms with Crippen LogP contribution < -0.4 is 5.32 Å². The van der Waals surface area contributed by atoms with Crippen LogP contribution in [0, 0.1) is 0 Å². The van der Waals surface area contributed by atoms with Crippen LogP contribution in [0.25, 0.3) is 0 Å². The van der Waals surface area contributed by atoms with Crippen LogP contribution in [0.1, 0.15) is 19.8 Å². The highest BCUT2D eigenvalue weighted by atomic mass is 35.5.